The van der Waals surface area contributed by atoms with E-state index in [4.69, 9.17) is 14.2 Å². The van der Waals surface area contributed by atoms with Crippen LogP contribution >= 0.6 is 0 Å². The van der Waals surface area contributed by atoms with Crippen molar-refractivity contribution in [3.05, 3.63) is 48.0 Å². The Morgan fingerprint density at radius 1 is 1.03 bits per heavy atom. The van der Waals surface area contributed by atoms with Gasteiger partial charge in [-0.2, -0.15) is 0 Å². The molecule has 2 atom stereocenters. The molecular weight excluding hydrogens is 434 g/mol. The van der Waals surface area contributed by atoms with E-state index in [1.54, 1.807) is 17.0 Å². The van der Waals surface area contributed by atoms with E-state index >= 15 is 0 Å². The van der Waals surface area contributed by atoms with Crippen molar-refractivity contribution in [1.29, 1.82) is 0 Å². The average molecular weight is 468 g/mol. The van der Waals surface area contributed by atoms with Crippen molar-refractivity contribution in [3.63, 3.8) is 0 Å². The quantitative estimate of drug-likeness (QED) is 0.611. The minimum atomic E-state index is -0.415. The third kappa shape index (κ3) is 4.97. The van der Waals surface area contributed by atoms with Gasteiger partial charge in [0.2, 0.25) is 17.6 Å². The molecule has 8 heteroatoms. The van der Waals surface area contributed by atoms with E-state index in [9.17, 15) is 9.59 Å². The molecule has 0 aromatic heterocycles. The lowest BCUT2D eigenvalue weighted by atomic mass is 10.0. The van der Waals surface area contributed by atoms with Crippen molar-refractivity contribution in [1.82, 2.24) is 10.2 Å². The van der Waals surface area contributed by atoms with Crippen LogP contribution in [0.4, 0.5) is 5.69 Å². The highest BCUT2D eigenvalue weighted by Crippen LogP contribution is 2.42. The van der Waals surface area contributed by atoms with Gasteiger partial charge in [-0.1, -0.05) is 30.3 Å². The Balaban J connectivity index is 1.45. The molecule has 0 radical (unpaired) electrons. The molecule has 0 aliphatic carbocycles. The van der Waals surface area contributed by atoms with E-state index in [2.05, 4.69) is 22.3 Å². The van der Waals surface area contributed by atoms with Crippen LogP contribution in [0, 0.1) is 5.92 Å². The molecule has 0 saturated carbocycles. The summed E-state index contributed by atoms with van der Waals surface area (Å²) in [5.74, 6) is 0.782. The minimum absolute atomic E-state index is 0.0941. The van der Waals surface area contributed by atoms with E-state index < -0.39 is 5.92 Å². The number of nitrogens with zero attached hydrogens (tertiary/aromatic N) is 2. The van der Waals surface area contributed by atoms with Gasteiger partial charge >= 0.3 is 0 Å². The van der Waals surface area contributed by atoms with Crippen molar-refractivity contribution >= 4 is 17.5 Å². The maximum atomic E-state index is 13.1. The van der Waals surface area contributed by atoms with Crippen LogP contribution in [0.3, 0.4) is 0 Å². The smallest absolute Gasteiger partial charge is 0.227 e. The van der Waals surface area contributed by atoms with Gasteiger partial charge in [0, 0.05) is 31.6 Å². The van der Waals surface area contributed by atoms with Gasteiger partial charge < -0.3 is 24.4 Å². The zero-order chi connectivity index (χ0) is 24.1. The van der Waals surface area contributed by atoms with Crippen molar-refractivity contribution in [2.45, 2.75) is 25.3 Å². The second-order valence-electron chi connectivity index (χ2n) is 8.70. The molecule has 2 saturated heterocycles. The highest BCUT2D eigenvalue weighted by molar-refractivity contribution is 6.00. The number of nitrogens with one attached hydrogen (secondary N) is 1. The van der Waals surface area contributed by atoms with E-state index in [0.717, 1.165) is 13.1 Å². The second-order valence-corrected chi connectivity index (χ2v) is 8.70. The molecule has 0 bridgehead atoms. The van der Waals surface area contributed by atoms with Crippen LogP contribution < -0.4 is 24.4 Å². The van der Waals surface area contributed by atoms with Gasteiger partial charge in [-0.25, -0.2) is 0 Å². The SMILES string of the molecule is COc1cc(N2CC(C(=O)NCC(c3ccccc3)N3CCCC3)CC2=O)cc(OC)c1OC. The Bertz CT molecular complexity index is 982. The summed E-state index contributed by atoms with van der Waals surface area (Å²) in [6.45, 7) is 2.90. The summed E-state index contributed by atoms with van der Waals surface area (Å²) < 4.78 is 16.2. The molecule has 2 fully saturated rings. The zero-order valence-corrected chi connectivity index (χ0v) is 20.1. The van der Waals surface area contributed by atoms with Gasteiger partial charge in [-0.15, -0.1) is 0 Å². The van der Waals surface area contributed by atoms with Gasteiger partial charge in [0.05, 0.1) is 39.0 Å². The number of carbonyl (C=O) groups is 2. The van der Waals surface area contributed by atoms with E-state index in [1.807, 2.05) is 18.2 Å². The summed E-state index contributed by atoms with van der Waals surface area (Å²) in [5.41, 5.74) is 1.82. The number of hydrogen-bond acceptors (Lipinski definition) is 6. The lowest BCUT2D eigenvalue weighted by Gasteiger charge is -2.28. The largest absolute Gasteiger partial charge is 0.493 e. The van der Waals surface area contributed by atoms with Crippen LogP contribution in [0.25, 0.3) is 0 Å². The lowest BCUT2D eigenvalue weighted by molar-refractivity contribution is -0.126. The highest BCUT2D eigenvalue weighted by atomic mass is 16.5. The molecule has 2 aromatic rings. The molecule has 2 heterocycles. The zero-order valence-electron chi connectivity index (χ0n) is 20.1. The number of carbonyl (C=O) groups excluding carboxylic acids is 2. The van der Waals surface area contributed by atoms with Gasteiger partial charge in [0.25, 0.3) is 0 Å². The Labute approximate surface area is 200 Å². The minimum Gasteiger partial charge on any atom is -0.493 e. The molecule has 2 aliphatic rings. The molecule has 8 nitrogen and oxygen atoms in total. The standard InChI is InChI=1S/C26H33N3O5/c1-32-22-14-20(15-23(33-2)25(22)34-3)29-17-19(13-24(29)30)26(31)27-16-21(28-11-7-8-12-28)18-9-5-4-6-10-18/h4-6,9-10,14-15,19,21H,7-8,11-13,16-17H2,1-3H3,(H,27,31). The molecule has 34 heavy (non-hydrogen) atoms. The molecule has 2 aromatic carbocycles. The maximum Gasteiger partial charge on any atom is 0.227 e. The normalized spacial score (nSPS) is 19.2. The summed E-state index contributed by atoms with van der Waals surface area (Å²) in [6.07, 6.45) is 2.53. The number of likely N-dealkylation sites (tertiary alicyclic amines) is 1. The molecule has 1 N–H and O–H groups in total. The second kappa shape index (κ2) is 10.8. The number of hydrogen-bond donors (Lipinski definition) is 1. The van der Waals surface area contributed by atoms with Gasteiger partial charge in [0.15, 0.2) is 11.5 Å². The summed E-state index contributed by atoms with van der Waals surface area (Å²) in [5, 5.41) is 3.13. The van der Waals surface area contributed by atoms with E-state index in [0.29, 0.717) is 36.0 Å². The monoisotopic (exact) mass is 467 g/mol. The van der Waals surface area contributed by atoms with Crippen LogP contribution in [0.5, 0.6) is 17.2 Å². The van der Waals surface area contributed by atoms with Gasteiger partial charge in [-0.05, 0) is 31.5 Å². The fourth-order valence-electron chi connectivity index (χ4n) is 4.88. The molecule has 4 rings (SSSR count). The molecule has 2 unspecified atom stereocenters. The molecule has 2 amide bonds. The maximum absolute atomic E-state index is 13.1. The average Bonchev–Trinajstić information content (AvgIpc) is 3.54. The van der Waals surface area contributed by atoms with Crippen LogP contribution in [-0.4, -0.2) is 64.2 Å². The topological polar surface area (TPSA) is 80.3 Å². The van der Waals surface area contributed by atoms with Crippen molar-refractivity contribution in [2.24, 2.45) is 5.92 Å². The number of ether oxygens (including phenoxy) is 3. The third-order valence-electron chi connectivity index (χ3n) is 6.69. The summed E-state index contributed by atoms with van der Waals surface area (Å²) >= 11 is 0. The Morgan fingerprint density at radius 3 is 2.26 bits per heavy atom. The van der Waals surface area contributed by atoms with Crippen LogP contribution in [0.2, 0.25) is 0 Å². The predicted octanol–water partition coefficient (Wildman–Crippen LogP) is 3.02. The first-order chi connectivity index (χ1) is 16.5. The fraction of sp³-hybridized carbons (Fsp3) is 0.462. The summed E-state index contributed by atoms with van der Waals surface area (Å²) in [4.78, 5) is 30.0. The molecule has 0 spiro atoms. The molecule has 182 valence electrons. The Kier molecular flexibility index (Phi) is 7.57. The number of benzene rings is 2. The summed E-state index contributed by atoms with van der Waals surface area (Å²) in [7, 11) is 4.60. The Morgan fingerprint density at radius 2 is 1.68 bits per heavy atom. The van der Waals surface area contributed by atoms with Crippen molar-refractivity contribution < 1.29 is 23.8 Å². The number of anilines is 1. The van der Waals surface area contributed by atoms with Gasteiger partial charge in [-0.3, -0.25) is 14.5 Å². The van der Waals surface area contributed by atoms with Gasteiger partial charge in [0.1, 0.15) is 0 Å². The number of methoxy groups -OCH3 is 3. The molecule has 2 aliphatic heterocycles. The highest BCUT2D eigenvalue weighted by Gasteiger charge is 2.36. The van der Waals surface area contributed by atoms with E-state index in [-0.39, 0.29) is 24.3 Å². The number of amides is 2. The lowest BCUT2D eigenvalue weighted by Crippen LogP contribution is -2.40. The first-order valence-electron chi connectivity index (χ1n) is 11.7. The number of rotatable bonds is 9. The first-order valence-corrected chi connectivity index (χ1v) is 11.7. The summed E-state index contributed by atoms with van der Waals surface area (Å²) in [6, 6.07) is 13.9. The van der Waals surface area contributed by atoms with Crippen LogP contribution in [0.15, 0.2) is 42.5 Å². The predicted molar refractivity (Wildman–Crippen MR) is 130 cm³/mol. The van der Waals surface area contributed by atoms with Crippen molar-refractivity contribution in [2.75, 3.05) is 52.4 Å². The fourth-order valence-corrected chi connectivity index (χ4v) is 4.88. The third-order valence-corrected chi connectivity index (χ3v) is 6.69. The van der Waals surface area contributed by atoms with Crippen LogP contribution in [-0.2, 0) is 9.59 Å². The first kappa shape index (κ1) is 23.9. The molecular formula is C26H33N3O5. The van der Waals surface area contributed by atoms with Crippen molar-refractivity contribution in [3.8, 4) is 17.2 Å². The van der Waals surface area contributed by atoms with E-state index in [1.165, 1.54) is 39.7 Å². The van der Waals surface area contributed by atoms with Crippen LogP contribution in [0.1, 0.15) is 30.9 Å². The Hall–Kier alpha value is -3.26.